The Bertz CT molecular complexity index is 232. The second-order valence-electron chi connectivity index (χ2n) is 3.13. The van der Waals surface area contributed by atoms with Gasteiger partial charge in [-0.05, 0) is 6.92 Å². The van der Waals surface area contributed by atoms with Crippen molar-refractivity contribution in [2.45, 2.75) is 31.9 Å². The Labute approximate surface area is 84.7 Å². The molecule has 0 amide bonds. The monoisotopic (exact) mass is 227 g/mol. The second kappa shape index (κ2) is 4.80. The molecule has 4 nitrogen and oxygen atoms in total. The van der Waals surface area contributed by atoms with E-state index in [9.17, 15) is 18.0 Å². The molecular formula is C8H12F3NO3. The highest BCUT2D eigenvalue weighted by Gasteiger charge is 2.39. The second-order valence-corrected chi connectivity index (χ2v) is 3.13. The molecule has 15 heavy (non-hydrogen) atoms. The highest BCUT2D eigenvalue weighted by atomic mass is 19.4. The van der Waals surface area contributed by atoms with Crippen LogP contribution in [0.25, 0.3) is 0 Å². The first-order valence-corrected chi connectivity index (χ1v) is 4.57. The van der Waals surface area contributed by atoms with Crippen LogP contribution >= 0.6 is 0 Å². The molecule has 0 aromatic rings. The van der Waals surface area contributed by atoms with Crippen molar-refractivity contribution in [1.82, 2.24) is 5.32 Å². The van der Waals surface area contributed by atoms with E-state index in [1.807, 2.05) is 0 Å². The number of ether oxygens (including phenoxy) is 2. The summed E-state index contributed by atoms with van der Waals surface area (Å²) in [7, 11) is 0. The SMILES string of the molecule is CCOC(=O)[C@@H]1C[C@@H](OC(F)(F)F)CN1. The molecule has 0 spiro atoms. The van der Waals surface area contributed by atoms with Gasteiger partial charge in [-0.3, -0.25) is 9.53 Å². The summed E-state index contributed by atoms with van der Waals surface area (Å²) < 4.78 is 43.9. The normalized spacial score (nSPS) is 26.7. The fourth-order valence-electron chi connectivity index (χ4n) is 1.40. The molecule has 1 saturated heterocycles. The molecule has 1 heterocycles. The molecule has 0 radical (unpaired) electrons. The van der Waals surface area contributed by atoms with Gasteiger partial charge in [-0.2, -0.15) is 0 Å². The van der Waals surface area contributed by atoms with Crippen LogP contribution in [0.2, 0.25) is 0 Å². The van der Waals surface area contributed by atoms with Crippen molar-refractivity contribution < 1.29 is 27.4 Å². The zero-order valence-electron chi connectivity index (χ0n) is 8.13. The van der Waals surface area contributed by atoms with Crippen LogP contribution in [-0.2, 0) is 14.3 Å². The highest BCUT2D eigenvalue weighted by Crippen LogP contribution is 2.23. The quantitative estimate of drug-likeness (QED) is 0.725. The number of alkyl halides is 3. The molecule has 0 saturated carbocycles. The zero-order valence-corrected chi connectivity index (χ0v) is 8.13. The van der Waals surface area contributed by atoms with Crippen molar-refractivity contribution >= 4 is 5.97 Å². The van der Waals surface area contributed by atoms with E-state index in [0.717, 1.165) is 0 Å². The van der Waals surface area contributed by atoms with Crippen molar-refractivity contribution in [3.63, 3.8) is 0 Å². The largest absolute Gasteiger partial charge is 0.522 e. The number of halogens is 3. The third-order valence-corrected chi connectivity index (χ3v) is 1.96. The van der Waals surface area contributed by atoms with Crippen LogP contribution in [-0.4, -0.2) is 37.6 Å². The fourth-order valence-corrected chi connectivity index (χ4v) is 1.40. The van der Waals surface area contributed by atoms with Gasteiger partial charge in [0.2, 0.25) is 0 Å². The van der Waals surface area contributed by atoms with Crippen LogP contribution in [0.3, 0.4) is 0 Å². The Morgan fingerprint density at radius 3 is 2.73 bits per heavy atom. The van der Waals surface area contributed by atoms with Crippen LogP contribution in [0.15, 0.2) is 0 Å². The highest BCUT2D eigenvalue weighted by molar-refractivity contribution is 5.76. The summed E-state index contributed by atoms with van der Waals surface area (Å²) in [6, 6.07) is -0.697. The van der Waals surface area contributed by atoms with Crippen molar-refractivity contribution in [3.05, 3.63) is 0 Å². The van der Waals surface area contributed by atoms with Gasteiger partial charge in [-0.25, -0.2) is 0 Å². The molecule has 1 N–H and O–H groups in total. The van der Waals surface area contributed by atoms with Gasteiger partial charge in [0.1, 0.15) is 6.04 Å². The number of carbonyl (C=O) groups is 1. The third-order valence-electron chi connectivity index (χ3n) is 1.96. The maximum absolute atomic E-state index is 11.8. The first-order valence-electron chi connectivity index (χ1n) is 4.57. The van der Waals surface area contributed by atoms with Gasteiger partial charge in [0.25, 0.3) is 0 Å². The lowest BCUT2D eigenvalue weighted by atomic mass is 10.2. The molecule has 0 aromatic carbocycles. The van der Waals surface area contributed by atoms with E-state index in [2.05, 4.69) is 14.8 Å². The summed E-state index contributed by atoms with van der Waals surface area (Å²) in [5.41, 5.74) is 0. The lowest BCUT2D eigenvalue weighted by Crippen LogP contribution is -2.32. The van der Waals surface area contributed by atoms with Gasteiger partial charge < -0.3 is 10.1 Å². The number of nitrogens with one attached hydrogen (secondary N) is 1. The van der Waals surface area contributed by atoms with Crippen LogP contribution in [0, 0.1) is 0 Å². The van der Waals surface area contributed by atoms with Gasteiger partial charge in [0, 0.05) is 13.0 Å². The molecule has 7 heteroatoms. The van der Waals surface area contributed by atoms with E-state index in [1.165, 1.54) is 0 Å². The minimum atomic E-state index is -4.66. The zero-order chi connectivity index (χ0) is 11.5. The molecule has 0 aromatic heterocycles. The topological polar surface area (TPSA) is 47.6 Å². The average Bonchev–Trinajstić information content (AvgIpc) is 2.50. The van der Waals surface area contributed by atoms with Crippen molar-refractivity contribution in [2.24, 2.45) is 0 Å². The van der Waals surface area contributed by atoms with Gasteiger partial charge in [-0.15, -0.1) is 13.2 Å². The third kappa shape index (κ3) is 4.05. The summed E-state index contributed by atoms with van der Waals surface area (Å²) in [5.74, 6) is -0.536. The maximum atomic E-state index is 11.8. The van der Waals surface area contributed by atoms with E-state index in [0.29, 0.717) is 0 Å². The minimum Gasteiger partial charge on any atom is -0.465 e. The van der Waals surface area contributed by atoms with Gasteiger partial charge >= 0.3 is 12.3 Å². The van der Waals surface area contributed by atoms with Gasteiger partial charge in [-0.1, -0.05) is 0 Å². The van der Waals surface area contributed by atoms with E-state index in [4.69, 9.17) is 0 Å². The Hall–Kier alpha value is -0.820. The van der Waals surface area contributed by atoms with Crippen molar-refractivity contribution in [3.8, 4) is 0 Å². The van der Waals surface area contributed by atoms with Crippen molar-refractivity contribution in [1.29, 1.82) is 0 Å². The first-order chi connectivity index (χ1) is 6.92. The number of esters is 1. The molecule has 0 aliphatic carbocycles. The van der Waals surface area contributed by atoms with Crippen LogP contribution in [0.5, 0.6) is 0 Å². The molecule has 0 unspecified atom stereocenters. The Morgan fingerprint density at radius 2 is 2.20 bits per heavy atom. The molecule has 88 valence electrons. The van der Waals surface area contributed by atoms with E-state index >= 15 is 0 Å². The van der Waals surface area contributed by atoms with Crippen molar-refractivity contribution in [2.75, 3.05) is 13.2 Å². The lowest BCUT2D eigenvalue weighted by molar-refractivity contribution is -0.340. The summed E-state index contributed by atoms with van der Waals surface area (Å²) >= 11 is 0. The maximum Gasteiger partial charge on any atom is 0.522 e. The number of hydrogen-bond acceptors (Lipinski definition) is 4. The van der Waals surface area contributed by atoms with Crippen LogP contribution in [0.4, 0.5) is 13.2 Å². The Kier molecular flexibility index (Phi) is 3.92. The first kappa shape index (κ1) is 12.3. The summed E-state index contributed by atoms with van der Waals surface area (Å²) in [6.07, 6.45) is -5.69. The Balaban J connectivity index is 2.36. The molecule has 0 bridgehead atoms. The fraction of sp³-hybridized carbons (Fsp3) is 0.875. The molecule has 1 aliphatic heterocycles. The van der Waals surface area contributed by atoms with E-state index < -0.39 is 24.5 Å². The molecule has 1 fully saturated rings. The number of carbonyl (C=O) groups excluding carboxylic acids is 1. The van der Waals surface area contributed by atoms with Crippen LogP contribution in [0.1, 0.15) is 13.3 Å². The molecule has 2 atom stereocenters. The van der Waals surface area contributed by atoms with Gasteiger partial charge in [0.15, 0.2) is 0 Å². The lowest BCUT2D eigenvalue weighted by Gasteiger charge is -2.12. The predicted octanol–water partition coefficient (Wildman–Crippen LogP) is 0.816. The van der Waals surface area contributed by atoms with Crippen LogP contribution < -0.4 is 5.32 Å². The van der Waals surface area contributed by atoms with Gasteiger partial charge in [0.05, 0.1) is 12.7 Å². The predicted molar refractivity (Wildman–Crippen MR) is 44.0 cm³/mol. The number of rotatable bonds is 3. The minimum absolute atomic E-state index is 0.00297. The number of hydrogen-bond donors (Lipinski definition) is 1. The Morgan fingerprint density at radius 1 is 1.53 bits per heavy atom. The standard InChI is InChI=1S/C8H12F3NO3/c1-2-14-7(13)6-3-5(4-12-6)15-8(9,10)11/h5-6,12H,2-4H2,1H3/t5-,6+/m1/s1. The average molecular weight is 227 g/mol. The van der Waals surface area contributed by atoms with E-state index in [-0.39, 0.29) is 19.6 Å². The van der Waals surface area contributed by atoms with E-state index in [1.54, 1.807) is 6.92 Å². The smallest absolute Gasteiger partial charge is 0.465 e. The summed E-state index contributed by atoms with van der Waals surface area (Å²) in [6.45, 7) is 1.85. The molecule has 1 rings (SSSR count). The summed E-state index contributed by atoms with van der Waals surface area (Å²) in [4.78, 5) is 11.1. The molecule has 1 aliphatic rings. The summed E-state index contributed by atoms with van der Waals surface area (Å²) in [5, 5.41) is 2.61. The molecular weight excluding hydrogens is 215 g/mol.